The smallest absolute Gasteiger partial charge is 0.169 e. The van der Waals surface area contributed by atoms with Crippen LogP contribution in [-0.2, 0) is 4.79 Å². The molecule has 0 aliphatic heterocycles. The lowest BCUT2D eigenvalue weighted by atomic mass is 9.96. The van der Waals surface area contributed by atoms with Gasteiger partial charge in [0.05, 0.1) is 5.57 Å². The maximum absolute atomic E-state index is 11.3. The lowest BCUT2D eigenvalue weighted by Crippen LogP contribution is -2.26. The lowest BCUT2D eigenvalue weighted by Gasteiger charge is -2.15. The number of carbonyl (C=O) groups excluding carboxylic acids is 1. The van der Waals surface area contributed by atoms with Crippen molar-refractivity contribution in [2.75, 3.05) is 7.05 Å². The van der Waals surface area contributed by atoms with Crippen LogP contribution in [0.15, 0.2) is 11.3 Å². The van der Waals surface area contributed by atoms with Gasteiger partial charge in [-0.05, 0) is 6.42 Å². The van der Waals surface area contributed by atoms with Gasteiger partial charge in [0.2, 0.25) is 0 Å². The van der Waals surface area contributed by atoms with Gasteiger partial charge in [0.15, 0.2) is 5.78 Å². The molecule has 3 nitrogen and oxygen atoms in total. The molecule has 0 aromatic heterocycles. The van der Waals surface area contributed by atoms with Crippen molar-refractivity contribution >= 4 is 23.0 Å². The Kier molecular flexibility index (Phi) is 2.81. The van der Waals surface area contributed by atoms with Crippen molar-refractivity contribution < 1.29 is 9.90 Å². The Morgan fingerprint density at radius 2 is 2.25 bits per heavy atom. The highest BCUT2D eigenvalue weighted by Gasteiger charge is 2.22. The molecule has 0 spiro atoms. The van der Waals surface area contributed by atoms with E-state index >= 15 is 0 Å². The minimum atomic E-state index is -0.0573. The zero-order valence-electron chi connectivity index (χ0n) is 6.89. The molecule has 0 unspecified atom stereocenters. The Morgan fingerprint density at radius 3 is 2.75 bits per heavy atom. The predicted octanol–water partition coefficient (Wildman–Crippen LogP) is 1.10. The molecule has 2 N–H and O–H groups in total. The highest BCUT2D eigenvalue weighted by atomic mass is 32.1. The molecule has 0 aromatic carbocycles. The van der Waals surface area contributed by atoms with Crippen molar-refractivity contribution in [1.82, 2.24) is 5.32 Å². The number of rotatable bonds is 1. The summed E-state index contributed by atoms with van der Waals surface area (Å²) in [5.74, 6) is 0.0729. The van der Waals surface area contributed by atoms with E-state index in [1.165, 1.54) is 0 Å². The molecule has 0 bridgehead atoms. The number of Topliss-reactive ketones (excluding diaryl/α,β-unsaturated/α-hetero) is 1. The summed E-state index contributed by atoms with van der Waals surface area (Å²) in [5.41, 5.74) is 0.304. The van der Waals surface area contributed by atoms with Crippen molar-refractivity contribution in [3.63, 3.8) is 0 Å². The average Bonchev–Trinajstić information content (AvgIpc) is 2.03. The first-order chi connectivity index (χ1) is 5.66. The Morgan fingerprint density at radius 1 is 1.58 bits per heavy atom. The van der Waals surface area contributed by atoms with E-state index in [9.17, 15) is 9.90 Å². The maximum Gasteiger partial charge on any atom is 0.169 e. The second kappa shape index (κ2) is 3.67. The van der Waals surface area contributed by atoms with Crippen LogP contribution >= 0.6 is 12.2 Å². The van der Waals surface area contributed by atoms with Crippen LogP contribution in [0.4, 0.5) is 0 Å². The Hall–Kier alpha value is -0.900. The number of nitrogens with one attached hydrogen (secondary N) is 1. The van der Waals surface area contributed by atoms with E-state index < -0.39 is 0 Å². The van der Waals surface area contributed by atoms with E-state index in [4.69, 9.17) is 12.2 Å². The SMILES string of the molecule is CNC(=S)C1=C(O)CCCC1=O. The van der Waals surface area contributed by atoms with Crippen LogP contribution < -0.4 is 5.32 Å². The third kappa shape index (κ3) is 1.64. The first-order valence-electron chi connectivity index (χ1n) is 3.84. The van der Waals surface area contributed by atoms with Crippen LogP contribution in [0, 0.1) is 0 Å². The summed E-state index contributed by atoms with van der Waals surface area (Å²) in [4.78, 5) is 11.6. The van der Waals surface area contributed by atoms with Crippen LogP contribution in [0.2, 0.25) is 0 Å². The summed E-state index contributed by atoms with van der Waals surface area (Å²) in [6.45, 7) is 0. The molecule has 4 heteroatoms. The van der Waals surface area contributed by atoms with E-state index in [0.717, 1.165) is 6.42 Å². The fraction of sp³-hybridized carbons (Fsp3) is 0.500. The summed E-state index contributed by atoms with van der Waals surface area (Å²) in [7, 11) is 1.64. The summed E-state index contributed by atoms with van der Waals surface area (Å²) in [6, 6.07) is 0. The Balaban J connectivity index is 2.96. The standard InChI is InChI=1S/C8H11NO2S/c1-9-8(12)7-5(10)3-2-4-6(7)11/h10H,2-4H2,1H3,(H,9,12). The van der Waals surface area contributed by atoms with E-state index in [-0.39, 0.29) is 11.5 Å². The number of allylic oxidation sites excluding steroid dienone is 1. The molecule has 0 amide bonds. The molecular weight excluding hydrogens is 174 g/mol. The molecule has 66 valence electrons. The molecule has 0 heterocycles. The number of likely N-dealkylation sites (N-methyl/N-ethyl adjacent to an activating group) is 1. The predicted molar refractivity (Wildman–Crippen MR) is 50.2 cm³/mol. The first-order valence-corrected chi connectivity index (χ1v) is 4.25. The minimum Gasteiger partial charge on any atom is -0.511 e. The van der Waals surface area contributed by atoms with Gasteiger partial charge in [-0.25, -0.2) is 0 Å². The normalized spacial score (nSPS) is 17.9. The van der Waals surface area contributed by atoms with Crippen molar-refractivity contribution in [2.24, 2.45) is 0 Å². The van der Waals surface area contributed by atoms with E-state index in [2.05, 4.69) is 5.32 Å². The van der Waals surface area contributed by atoms with E-state index in [0.29, 0.717) is 23.4 Å². The van der Waals surface area contributed by atoms with Gasteiger partial charge in [-0.3, -0.25) is 4.79 Å². The number of aliphatic hydroxyl groups excluding tert-OH is 1. The Bertz CT molecular complexity index is 258. The summed E-state index contributed by atoms with van der Waals surface area (Å²) in [6.07, 6.45) is 1.77. The van der Waals surface area contributed by atoms with Crippen LogP contribution in [0.1, 0.15) is 19.3 Å². The fourth-order valence-electron chi connectivity index (χ4n) is 1.21. The highest BCUT2D eigenvalue weighted by molar-refractivity contribution is 7.80. The van der Waals surface area contributed by atoms with E-state index in [1.807, 2.05) is 0 Å². The Labute approximate surface area is 76.5 Å². The number of thiocarbonyl (C=S) groups is 1. The molecule has 1 aliphatic rings. The maximum atomic E-state index is 11.3. The van der Waals surface area contributed by atoms with E-state index in [1.54, 1.807) is 7.05 Å². The quantitative estimate of drug-likeness (QED) is 0.601. The fourth-order valence-corrected chi connectivity index (χ4v) is 1.44. The van der Waals surface area contributed by atoms with Crippen LogP contribution in [0.25, 0.3) is 0 Å². The van der Waals surface area contributed by atoms with Crippen molar-refractivity contribution in [2.45, 2.75) is 19.3 Å². The van der Waals surface area contributed by atoms with Gasteiger partial charge in [-0.2, -0.15) is 0 Å². The highest BCUT2D eigenvalue weighted by Crippen LogP contribution is 2.20. The topological polar surface area (TPSA) is 49.3 Å². The largest absolute Gasteiger partial charge is 0.511 e. The molecule has 0 radical (unpaired) electrons. The van der Waals surface area contributed by atoms with Crippen molar-refractivity contribution in [1.29, 1.82) is 0 Å². The summed E-state index contributed by atoms with van der Waals surface area (Å²) < 4.78 is 0. The third-order valence-electron chi connectivity index (χ3n) is 1.84. The van der Waals surface area contributed by atoms with Crippen molar-refractivity contribution in [3.8, 4) is 0 Å². The number of ketones is 1. The van der Waals surface area contributed by atoms with Gasteiger partial charge >= 0.3 is 0 Å². The molecule has 0 atom stereocenters. The second-order valence-corrected chi connectivity index (χ2v) is 3.09. The lowest BCUT2D eigenvalue weighted by molar-refractivity contribution is -0.115. The molecule has 0 saturated heterocycles. The zero-order valence-corrected chi connectivity index (χ0v) is 7.70. The average molecular weight is 185 g/mol. The molecular formula is C8H11NO2S. The molecule has 12 heavy (non-hydrogen) atoms. The van der Waals surface area contributed by atoms with Crippen LogP contribution in [0.5, 0.6) is 0 Å². The zero-order chi connectivity index (χ0) is 9.14. The number of carbonyl (C=O) groups is 1. The van der Waals surface area contributed by atoms with Gasteiger partial charge in [0, 0.05) is 19.9 Å². The second-order valence-electron chi connectivity index (χ2n) is 2.68. The van der Waals surface area contributed by atoms with Gasteiger partial charge in [0.1, 0.15) is 10.7 Å². The molecule has 1 rings (SSSR count). The molecule has 0 saturated carbocycles. The molecule has 1 aliphatic carbocycles. The third-order valence-corrected chi connectivity index (χ3v) is 2.25. The summed E-state index contributed by atoms with van der Waals surface area (Å²) in [5, 5.41) is 12.1. The van der Waals surface area contributed by atoms with Crippen molar-refractivity contribution in [3.05, 3.63) is 11.3 Å². The first kappa shape index (κ1) is 9.19. The van der Waals surface area contributed by atoms with Crippen LogP contribution in [0.3, 0.4) is 0 Å². The van der Waals surface area contributed by atoms with Gasteiger partial charge in [-0.15, -0.1) is 0 Å². The monoisotopic (exact) mass is 185 g/mol. The summed E-state index contributed by atoms with van der Waals surface area (Å²) >= 11 is 4.88. The molecule has 0 aromatic rings. The number of hydrogen-bond acceptors (Lipinski definition) is 3. The number of hydrogen-bond donors (Lipinski definition) is 2. The minimum absolute atomic E-state index is 0.0573. The van der Waals surface area contributed by atoms with Gasteiger partial charge in [0.25, 0.3) is 0 Å². The number of aliphatic hydroxyl groups is 1. The van der Waals surface area contributed by atoms with Gasteiger partial charge < -0.3 is 10.4 Å². The van der Waals surface area contributed by atoms with Crippen LogP contribution in [-0.4, -0.2) is 22.9 Å². The molecule has 0 fully saturated rings. The van der Waals surface area contributed by atoms with Gasteiger partial charge in [-0.1, -0.05) is 12.2 Å².